The molecule has 1 unspecified atom stereocenters. The Bertz CT molecular complexity index is 447. The summed E-state index contributed by atoms with van der Waals surface area (Å²) in [7, 11) is 0. The molecule has 0 heterocycles. The van der Waals surface area contributed by atoms with E-state index in [9.17, 15) is 9.18 Å². The summed E-state index contributed by atoms with van der Waals surface area (Å²) in [5, 5.41) is 2.87. The van der Waals surface area contributed by atoms with E-state index in [1.54, 1.807) is 13.0 Å². The Kier molecular flexibility index (Phi) is 6.45. The summed E-state index contributed by atoms with van der Waals surface area (Å²) in [5.74, 6) is -0.675. The van der Waals surface area contributed by atoms with Gasteiger partial charge in [0.15, 0.2) is 17.7 Å². The maximum absolute atomic E-state index is 13.7. The first kappa shape index (κ1) is 16.4. The van der Waals surface area contributed by atoms with E-state index in [4.69, 9.17) is 10.5 Å². The molecule has 0 fully saturated rings. The second-order valence-electron chi connectivity index (χ2n) is 4.75. The monoisotopic (exact) mass is 282 g/mol. The van der Waals surface area contributed by atoms with E-state index in [1.807, 2.05) is 13.8 Å². The summed E-state index contributed by atoms with van der Waals surface area (Å²) < 4.78 is 19.1. The van der Waals surface area contributed by atoms with Crippen molar-refractivity contribution in [2.75, 3.05) is 0 Å². The van der Waals surface area contributed by atoms with E-state index in [-0.39, 0.29) is 24.2 Å². The Morgan fingerprint density at radius 1 is 1.40 bits per heavy atom. The van der Waals surface area contributed by atoms with Crippen molar-refractivity contribution in [3.05, 3.63) is 29.6 Å². The third-order valence-corrected chi connectivity index (χ3v) is 3.24. The summed E-state index contributed by atoms with van der Waals surface area (Å²) in [6.45, 7) is 5.88. The summed E-state index contributed by atoms with van der Waals surface area (Å²) >= 11 is 0. The highest BCUT2D eigenvalue weighted by molar-refractivity contribution is 5.81. The van der Waals surface area contributed by atoms with E-state index < -0.39 is 11.9 Å². The molecule has 0 aliphatic heterocycles. The zero-order valence-electron chi connectivity index (χ0n) is 12.3. The molecule has 1 rings (SSSR count). The number of halogens is 1. The van der Waals surface area contributed by atoms with Gasteiger partial charge in [-0.1, -0.05) is 19.9 Å². The molecule has 1 aromatic rings. The Balaban J connectivity index is 2.65. The van der Waals surface area contributed by atoms with E-state index >= 15 is 0 Å². The molecule has 0 saturated heterocycles. The zero-order valence-corrected chi connectivity index (χ0v) is 12.3. The van der Waals surface area contributed by atoms with E-state index in [1.165, 1.54) is 12.1 Å². The van der Waals surface area contributed by atoms with Gasteiger partial charge in [0.05, 0.1) is 0 Å². The largest absolute Gasteiger partial charge is 0.478 e. The summed E-state index contributed by atoms with van der Waals surface area (Å²) in [6.07, 6.45) is 0.970. The predicted molar refractivity (Wildman–Crippen MR) is 76.9 cm³/mol. The average molecular weight is 282 g/mol. The van der Waals surface area contributed by atoms with Crippen LogP contribution < -0.4 is 15.8 Å². The van der Waals surface area contributed by atoms with Crippen molar-refractivity contribution in [3.8, 4) is 5.75 Å². The topological polar surface area (TPSA) is 64.3 Å². The van der Waals surface area contributed by atoms with Crippen molar-refractivity contribution >= 4 is 5.91 Å². The van der Waals surface area contributed by atoms with Crippen LogP contribution in [0.15, 0.2) is 18.2 Å². The molecule has 0 aliphatic carbocycles. The number of rotatable bonds is 7. The van der Waals surface area contributed by atoms with E-state index in [2.05, 4.69) is 5.32 Å². The van der Waals surface area contributed by atoms with Crippen LogP contribution in [0.25, 0.3) is 0 Å². The maximum Gasteiger partial charge on any atom is 0.260 e. The molecule has 0 radical (unpaired) electrons. The minimum atomic E-state index is -0.742. The first-order valence-electron chi connectivity index (χ1n) is 6.97. The third-order valence-electron chi connectivity index (χ3n) is 3.24. The van der Waals surface area contributed by atoms with Gasteiger partial charge >= 0.3 is 0 Å². The number of amides is 1. The molecule has 0 bridgehead atoms. The number of nitrogens with one attached hydrogen (secondary N) is 1. The normalized spacial score (nSPS) is 12.3. The molecule has 1 amide bonds. The van der Waals surface area contributed by atoms with Gasteiger partial charge in [0.1, 0.15) is 0 Å². The summed E-state index contributed by atoms with van der Waals surface area (Å²) in [6, 6.07) is 4.63. The van der Waals surface area contributed by atoms with Crippen LogP contribution in [-0.2, 0) is 11.3 Å². The summed E-state index contributed by atoms with van der Waals surface area (Å²) in [4.78, 5) is 11.9. The lowest BCUT2D eigenvalue weighted by molar-refractivity contribution is -0.128. The fourth-order valence-electron chi connectivity index (χ4n) is 1.82. The second kappa shape index (κ2) is 7.85. The van der Waals surface area contributed by atoms with Crippen LogP contribution in [0.5, 0.6) is 5.75 Å². The molecule has 0 spiro atoms. The molecule has 4 nitrogen and oxygen atoms in total. The Labute approximate surface area is 119 Å². The maximum atomic E-state index is 13.7. The molecule has 20 heavy (non-hydrogen) atoms. The lowest BCUT2D eigenvalue weighted by Crippen LogP contribution is -2.42. The van der Waals surface area contributed by atoms with Crippen LogP contribution in [0.1, 0.15) is 39.2 Å². The number of benzene rings is 1. The van der Waals surface area contributed by atoms with Crippen molar-refractivity contribution in [1.82, 2.24) is 5.32 Å². The van der Waals surface area contributed by atoms with Crippen molar-refractivity contribution in [1.29, 1.82) is 0 Å². The molecule has 112 valence electrons. The fourth-order valence-corrected chi connectivity index (χ4v) is 1.82. The van der Waals surface area contributed by atoms with Crippen molar-refractivity contribution in [2.24, 2.45) is 5.73 Å². The lowest BCUT2D eigenvalue weighted by Gasteiger charge is -2.19. The number of ether oxygens (including phenoxy) is 1. The van der Waals surface area contributed by atoms with Crippen LogP contribution in [-0.4, -0.2) is 18.1 Å². The minimum Gasteiger partial charge on any atom is -0.478 e. The second-order valence-corrected chi connectivity index (χ2v) is 4.75. The first-order valence-corrected chi connectivity index (χ1v) is 6.97. The van der Waals surface area contributed by atoms with Crippen LogP contribution in [0, 0.1) is 5.82 Å². The molecule has 0 aliphatic rings. The number of carbonyl (C=O) groups excluding carboxylic acids is 1. The molecule has 1 atom stereocenters. The van der Waals surface area contributed by atoms with E-state index in [0.717, 1.165) is 12.8 Å². The highest BCUT2D eigenvalue weighted by Crippen LogP contribution is 2.19. The van der Waals surface area contributed by atoms with Crippen LogP contribution in [0.3, 0.4) is 0 Å². The zero-order chi connectivity index (χ0) is 15.1. The smallest absolute Gasteiger partial charge is 0.260 e. The number of nitrogens with two attached hydrogens (primary N) is 1. The molecule has 0 aromatic heterocycles. The standard InChI is InChI=1S/C15H23FN2O2/c1-4-12(5-2)18-15(19)10(3)20-14-7-6-11(9-17)8-13(14)16/h6-8,10,12H,4-5,9,17H2,1-3H3,(H,18,19). The highest BCUT2D eigenvalue weighted by atomic mass is 19.1. The third kappa shape index (κ3) is 4.49. The molecule has 1 aromatic carbocycles. The van der Waals surface area contributed by atoms with E-state index in [0.29, 0.717) is 5.56 Å². The predicted octanol–water partition coefficient (Wildman–Crippen LogP) is 2.36. The Hall–Kier alpha value is -1.62. The Morgan fingerprint density at radius 3 is 2.55 bits per heavy atom. The number of carbonyl (C=O) groups is 1. The van der Waals surface area contributed by atoms with Crippen LogP contribution in [0.2, 0.25) is 0 Å². The molecule has 5 heteroatoms. The number of hydrogen-bond acceptors (Lipinski definition) is 3. The highest BCUT2D eigenvalue weighted by Gasteiger charge is 2.18. The van der Waals surface area contributed by atoms with Gasteiger partial charge in [-0.15, -0.1) is 0 Å². The van der Waals surface area contributed by atoms with Crippen molar-refractivity contribution in [2.45, 2.75) is 52.3 Å². The quantitative estimate of drug-likeness (QED) is 0.807. The van der Waals surface area contributed by atoms with Crippen molar-refractivity contribution in [3.63, 3.8) is 0 Å². The van der Waals surface area contributed by atoms with Gasteiger partial charge in [-0.05, 0) is 37.5 Å². The number of hydrogen-bond donors (Lipinski definition) is 2. The Morgan fingerprint density at radius 2 is 2.05 bits per heavy atom. The summed E-state index contributed by atoms with van der Waals surface area (Å²) in [5.41, 5.74) is 6.12. The molecule has 3 N–H and O–H groups in total. The molecular weight excluding hydrogens is 259 g/mol. The van der Waals surface area contributed by atoms with Gasteiger partial charge in [-0.2, -0.15) is 0 Å². The van der Waals surface area contributed by atoms with Gasteiger partial charge in [-0.25, -0.2) is 4.39 Å². The average Bonchev–Trinajstić information content (AvgIpc) is 2.46. The van der Waals surface area contributed by atoms with Gasteiger partial charge in [-0.3, -0.25) is 4.79 Å². The van der Waals surface area contributed by atoms with Crippen LogP contribution >= 0.6 is 0 Å². The van der Waals surface area contributed by atoms with Gasteiger partial charge in [0.25, 0.3) is 5.91 Å². The molecule has 0 saturated carbocycles. The fraction of sp³-hybridized carbons (Fsp3) is 0.533. The van der Waals surface area contributed by atoms with Crippen molar-refractivity contribution < 1.29 is 13.9 Å². The minimum absolute atomic E-state index is 0.0643. The van der Waals surface area contributed by atoms with Gasteiger partial charge in [0, 0.05) is 12.6 Å². The SMILES string of the molecule is CCC(CC)NC(=O)C(C)Oc1ccc(CN)cc1F. The first-order chi connectivity index (χ1) is 9.51. The van der Waals surface area contributed by atoms with Gasteiger partial charge < -0.3 is 15.8 Å². The van der Waals surface area contributed by atoms with Gasteiger partial charge in [0.2, 0.25) is 0 Å². The lowest BCUT2D eigenvalue weighted by atomic mass is 10.1. The van der Waals surface area contributed by atoms with Crippen LogP contribution in [0.4, 0.5) is 4.39 Å². The molecular formula is C15H23FN2O2.